The van der Waals surface area contributed by atoms with Crippen molar-refractivity contribution in [3.63, 3.8) is 0 Å². The maximum absolute atomic E-state index is 13.5. The first-order chi connectivity index (χ1) is 10.0. The summed E-state index contributed by atoms with van der Waals surface area (Å²) in [6, 6.07) is 4.64. The maximum Gasteiger partial charge on any atom is 0.123 e. The molecule has 0 bridgehead atoms. The molecule has 4 heteroatoms. The number of ether oxygens (including phenoxy) is 1. The van der Waals surface area contributed by atoms with Crippen LogP contribution in [0, 0.1) is 5.82 Å². The van der Waals surface area contributed by atoms with Crippen LogP contribution in [0.15, 0.2) is 18.2 Å². The minimum absolute atomic E-state index is 0.108. The lowest BCUT2D eigenvalue weighted by Crippen LogP contribution is -2.53. The summed E-state index contributed by atoms with van der Waals surface area (Å²) in [5, 5.41) is 4.11. The predicted octanol–water partition coefficient (Wildman–Crippen LogP) is 4.60. The highest BCUT2D eigenvalue weighted by molar-refractivity contribution is 6.31. The monoisotopic (exact) mass is 315 g/mol. The predicted molar refractivity (Wildman–Crippen MR) is 87.5 cm³/mol. The summed E-state index contributed by atoms with van der Waals surface area (Å²) in [4.78, 5) is 0. The average Bonchev–Trinajstić information content (AvgIpc) is 2.48. The molecule has 120 valence electrons. The van der Waals surface area contributed by atoms with Crippen LogP contribution in [0.5, 0.6) is 0 Å². The number of benzene rings is 1. The lowest BCUT2D eigenvalue weighted by atomic mass is 9.84. The minimum atomic E-state index is -0.250. The highest BCUT2D eigenvalue weighted by Crippen LogP contribution is 2.29. The van der Waals surface area contributed by atoms with Crippen LogP contribution in [0.25, 0.3) is 0 Å². The molecule has 21 heavy (non-hydrogen) atoms. The fraction of sp³-hybridized carbons (Fsp3) is 0.647. The summed E-state index contributed by atoms with van der Waals surface area (Å²) in [5.41, 5.74) is 0.578. The molecule has 0 fully saturated rings. The molecule has 0 amide bonds. The van der Waals surface area contributed by atoms with Crippen molar-refractivity contribution in [3.05, 3.63) is 34.6 Å². The first-order valence-corrected chi connectivity index (χ1v) is 8.22. The molecule has 1 rings (SSSR count). The quantitative estimate of drug-likeness (QED) is 0.719. The smallest absolute Gasteiger partial charge is 0.123 e. The van der Waals surface area contributed by atoms with E-state index in [-0.39, 0.29) is 17.5 Å². The van der Waals surface area contributed by atoms with Crippen molar-refractivity contribution >= 4 is 11.6 Å². The van der Waals surface area contributed by atoms with Crippen LogP contribution in [0.2, 0.25) is 5.02 Å². The molecule has 1 unspecified atom stereocenters. The van der Waals surface area contributed by atoms with Crippen molar-refractivity contribution in [3.8, 4) is 0 Å². The van der Waals surface area contributed by atoms with Gasteiger partial charge in [-0.3, -0.25) is 0 Å². The molecule has 0 aromatic heterocycles. The van der Waals surface area contributed by atoms with Gasteiger partial charge >= 0.3 is 0 Å². The van der Waals surface area contributed by atoms with Gasteiger partial charge in [-0.25, -0.2) is 4.39 Å². The van der Waals surface area contributed by atoms with Crippen molar-refractivity contribution in [1.29, 1.82) is 0 Å². The molecule has 0 saturated carbocycles. The summed E-state index contributed by atoms with van der Waals surface area (Å²) in [6.07, 6.45) is 2.47. The first-order valence-electron chi connectivity index (χ1n) is 7.84. The Kier molecular flexibility index (Phi) is 7.64. The zero-order valence-electron chi connectivity index (χ0n) is 13.5. The van der Waals surface area contributed by atoms with Gasteiger partial charge in [0.2, 0.25) is 0 Å². The standard InChI is InChI=1S/C17H27ClFNO/c1-5-17(6-2,21-8-4)16(20-7-3)12-13-11-14(19)9-10-15(13)18/h9-11,16,20H,5-8,12H2,1-4H3. The maximum atomic E-state index is 13.5. The van der Waals surface area contributed by atoms with E-state index in [0.717, 1.165) is 24.9 Å². The number of nitrogens with one attached hydrogen (secondary N) is 1. The lowest BCUT2D eigenvalue weighted by molar-refractivity contribution is -0.0715. The van der Waals surface area contributed by atoms with E-state index in [4.69, 9.17) is 16.3 Å². The number of rotatable bonds is 9. The van der Waals surface area contributed by atoms with E-state index in [1.54, 1.807) is 6.07 Å². The SMILES string of the molecule is CCNC(Cc1cc(F)ccc1Cl)C(CC)(CC)OCC. The van der Waals surface area contributed by atoms with E-state index < -0.39 is 0 Å². The first kappa shape index (κ1) is 18.4. The number of halogens is 2. The summed E-state index contributed by atoms with van der Waals surface area (Å²) >= 11 is 6.22. The molecule has 1 N–H and O–H groups in total. The van der Waals surface area contributed by atoms with Crippen molar-refractivity contribution in [2.75, 3.05) is 13.2 Å². The Morgan fingerprint density at radius 3 is 2.43 bits per heavy atom. The van der Waals surface area contributed by atoms with Gasteiger partial charge in [0, 0.05) is 17.7 Å². The Morgan fingerprint density at radius 2 is 1.90 bits per heavy atom. The van der Waals surface area contributed by atoms with Crippen LogP contribution >= 0.6 is 11.6 Å². The van der Waals surface area contributed by atoms with Crippen LogP contribution in [-0.4, -0.2) is 24.8 Å². The summed E-state index contributed by atoms with van der Waals surface area (Å²) < 4.78 is 19.6. The molecule has 2 nitrogen and oxygen atoms in total. The lowest BCUT2D eigenvalue weighted by Gasteiger charge is -2.40. The molecular formula is C17H27ClFNO. The molecule has 0 aliphatic heterocycles. The second-order valence-corrected chi connectivity index (χ2v) is 5.66. The molecule has 1 aromatic rings. The topological polar surface area (TPSA) is 21.3 Å². The van der Waals surface area contributed by atoms with Crippen molar-refractivity contribution in [2.24, 2.45) is 0 Å². The van der Waals surface area contributed by atoms with Gasteiger partial charge in [-0.05, 0) is 56.5 Å². The minimum Gasteiger partial charge on any atom is -0.374 e. The van der Waals surface area contributed by atoms with Gasteiger partial charge < -0.3 is 10.1 Å². The second-order valence-electron chi connectivity index (χ2n) is 5.26. The molecule has 0 aliphatic carbocycles. The van der Waals surface area contributed by atoms with Gasteiger partial charge in [0.05, 0.1) is 5.60 Å². The highest BCUT2D eigenvalue weighted by Gasteiger charge is 2.36. The summed E-state index contributed by atoms with van der Waals surface area (Å²) in [6.45, 7) is 9.86. The molecule has 0 heterocycles. The van der Waals surface area contributed by atoms with Gasteiger partial charge in [0.15, 0.2) is 0 Å². The van der Waals surface area contributed by atoms with Crippen molar-refractivity contribution in [2.45, 2.75) is 58.6 Å². The van der Waals surface area contributed by atoms with Crippen molar-refractivity contribution < 1.29 is 9.13 Å². The van der Waals surface area contributed by atoms with E-state index in [9.17, 15) is 4.39 Å². The average molecular weight is 316 g/mol. The van der Waals surface area contributed by atoms with Crippen molar-refractivity contribution in [1.82, 2.24) is 5.32 Å². The fourth-order valence-electron chi connectivity index (χ4n) is 2.95. The van der Waals surface area contributed by atoms with Gasteiger partial charge in [-0.1, -0.05) is 32.4 Å². The second kappa shape index (κ2) is 8.72. The number of hydrogen-bond donors (Lipinski definition) is 1. The van der Waals surface area contributed by atoms with Crippen LogP contribution in [-0.2, 0) is 11.2 Å². The Hall–Kier alpha value is -0.640. The van der Waals surface area contributed by atoms with Gasteiger partial charge in [-0.15, -0.1) is 0 Å². The third-order valence-electron chi connectivity index (χ3n) is 4.15. The van der Waals surface area contributed by atoms with Crippen LogP contribution in [0.1, 0.15) is 46.1 Å². The van der Waals surface area contributed by atoms with E-state index in [0.29, 0.717) is 18.1 Å². The Balaban J connectivity index is 3.07. The van der Waals surface area contributed by atoms with E-state index in [1.165, 1.54) is 12.1 Å². The molecular weight excluding hydrogens is 289 g/mol. The number of likely N-dealkylation sites (N-methyl/N-ethyl adjacent to an activating group) is 1. The molecule has 0 aliphatic rings. The normalized spacial score (nSPS) is 13.4. The molecule has 0 spiro atoms. The molecule has 0 saturated heterocycles. The molecule has 1 aromatic carbocycles. The third kappa shape index (κ3) is 4.67. The fourth-order valence-corrected chi connectivity index (χ4v) is 3.14. The van der Waals surface area contributed by atoms with Gasteiger partial charge in [-0.2, -0.15) is 0 Å². The van der Waals surface area contributed by atoms with E-state index in [2.05, 4.69) is 26.1 Å². The Labute approximate surface area is 133 Å². The number of hydrogen-bond acceptors (Lipinski definition) is 2. The molecule has 0 radical (unpaired) electrons. The highest BCUT2D eigenvalue weighted by atomic mass is 35.5. The zero-order valence-corrected chi connectivity index (χ0v) is 14.3. The summed E-state index contributed by atoms with van der Waals surface area (Å²) in [7, 11) is 0. The summed E-state index contributed by atoms with van der Waals surface area (Å²) in [5.74, 6) is -0.250. The Bertz CT molecular complexity index is 435. The van der Waals surface area contributed by atoms with Gasteiger partial charge in [0.1, 0.15) is 5.82 Å². The van der Waals surface area contributed by atoms with E-state index >= 15 is 0 Å². The van der Waals surface area contributed by atoms with Crippen LogP contribution < -0.4 is 5.32 Å². The third-order valence-corrected chi connectivity index (χ3v) is 4.51. The molecule has 1 atom stereocenters. The van der Waals surface area contributed by atoms with E-state index in [1.807, 2.05) is 6.92 Å². The van der Waals surface area contributed by atoms with Crippen LogP contribution in [0.4, 0.5) is 4.39 Å². The van der Waals surface area contributed by atoms with Gasteiger partial charge in [0.25, 0.3) is 0 Å². The Morgan fingerprint density at radius 1 is 1.24 bits per heavy atom. The zero-order chi connectivity index (χ0) is 15.9. The largest absolute Gasteiger partial charge is 0.374 e. The van der Waals surface area contributed by atoms with Crippen LogP contribution in [0.3, 0.4) is 0 Å².